The van der Waals surface area contributed by atoms with Gasteiger partial charge in [-0.2, -0.15) is 0 Å². The van der Waals surface area contributed by atoms with Crippen LogP contribution < -0.4 is 4.74 Å². The quantitative estimate of drug-likeness (QED) is 0.488. The Morgan fingerprint density at radius 2 is 1.73 bits per heavy atom. The number of aromatic hydroxyl groups is 1. The Morgan fingerprint density at radius 1 is 1.10 bits per heavy atom. The third-order valence-electron chi connectivity index (χ3n) is 6.60. The number of hydrogen-bond donors (Lipinski definition) is 1. The van der Waals surface area contributed by atoms with Gasteiger partial charge in [-0.25, -0.2) is 0 Å². The molecule has 0 saturated carbocycles. The zero-order valence-corrected chi connectivity index (χ0v) is 19.0. The Hall–Kier alpha value is -2.32. The number of rotatable bonds is 5. The topological polar surface area (TPSA) is 59.4 Å². The van der Waals surface area contributed by atoms with Crippen LogP contribution in [0.1, 0.15) is 36.2 Å². The number of fused-ring (bicyclic) bond motifs is 1. The van der Waals surface area contributed by atoms with Crippen LogP contribution in [0.25, 0.3) is 10.9 Å². The van der Waals surface area contributed by atoms with Gasteiger partial charge in [0, 0.05) is 17.7 Å². The summed E-state index contributed by atoms with van der Waals surface area (Å²) in [5.74, 6) is 1.89. The van der Waals surface area contributed by atoms with Gasteiger partial charge in [0.25, 0.3) is 0 Å². The highest BCUT2D eigenvalue weighted by Gasteiger charge is 2.44. The molecule has 1 aliphatic heterocycles. The lowest BCUT2D eigenvalue weighted by molar-refractivity contribution is 0.312. The van der Waals surface area contributed by atoms with E-state index in [-0.39, 0.29) is 5.66 Å². The summed E-state index contributed by atoms with van der Waals surface area (Å²) in [5.41, 5.74) is 3.37. The van der Waals surface area contributed by atoms with Crippen molar-refractivity contribution < 1.29 is 14.4 Å². The third kappa shape index (κ3) is 3.98. The highest BCUT2D eigenvalue weighted by atomic mass is 31.2. The minimum Gasteiger partial charge on any atom is -0.507 e. The minimum atomic E-state index is -2.48. The van der Waals surface area contributed by atoms with Crippen LogP contribution in [-0.4, -0.2) is 29.0 Å². The van der Waals surface area contributed by atoms with E-state index in [0.717, 1.165) is 39.9 Å². The van der Waals surface area contributed by atoms with Crippen LogP contribution in [0.5, 0.6) is 11.5 Å². The molecule has 2 heterocycles. The lowest BCUT2D eigenvalue weighted by Crippen LogP contribution is -2.13. The molecule has 4 nitrogen and oxygen atoms in total. The van der Waals surface area contributed by atoms with Gasteiger partial charge in [0.05, 0.1) is 24.5 Å². The number of phenolic OH excluding ortho intramolecular Hbond substituents is 1. The molecule has 30 heavy (non-hydrogen) atoms. The average Bonchev–Trinajstić information content (AvgIpc) is 2.98. The maximum absolute atomic E-state index is 14.1. The molecule has 0 bridgehead atoms. The van der Waals surface area contributed by atoms with Gasteiger partial charge in [0.2, 0.25) is 0 Å². The number of hydrogen-bond acceptors (Lipinski definition) is 4. The molecule has 1 aromatic heterocycles. The van der Waals surface area contributed by atoms with Gasteiger partial charge in [-0.1, -0.05) is 44.2 Å². The monoisotopic (exact) mass is 423 g/mol. The van der Waals surface area contributed by atoms with Crippen molar-refractivity contribution in [3.05, 3.63) is 65.4 Å². The van der Waals surface area contributed by atoms with Crippen LogP contribution >= 0.6 is 7.14 Å². The molecule has 0 radical (unpaired) electrons. The van der Waals surface area contributed by atoms with Gasteiger partial charge in [-0.05, 0) is 54.5 Å². The van der Waals surface area contributed by atoms with Crippen LogP contribution in [0.3, 0.4) is 0 Å². The van der Waals surface area contributed by atoms with Crippen LogP contribution in [-0.2, 0) is 4.57 Å². The van der Waals surface area contributed by atoms with Crippen molar-refractivity contribution in [1.82, 2.24) is 4.98 Å². The lowest BCUT2D eigenvalue weighted by atomic mass is 10.0. The molecule has 0 spiro atoms. The number of pyridine rings is 1. The van der Waals surface area contributed by atoms with Crippen molar-refractivity contribution in [2.24, 2.45) is 11.8 Å². The second kappa shape index (κ2) is 8.07. The Morgan fingerprint density at radius 3 is 2.40 bits per heavy atom. The van der Waals surface area contributed by atoms with Crippen molar-refractivity contribution in [1.29, 1.82) is 0 Å². The van der Waals surface area contributed by atoms with Crippen LogP contribution in [0.15, 0.2) is 48.7 Å². The van der Waals surface area contributed by atoms with Crippen LogP contribution in [0, 0.1) is 25.7 Å². The first-order valence-electron chi connectivity index (χ1n) is 10.6. The summed E-state index contributed by atoms with van der Waals surface area (Å²) in [4.78, 5) is 4.48. The second-order valence-corrected chi connectivity index (χ2v) is 12.2. The van der Waals surface area contributed by atoms with Gasteiger partial charge >= 0.3 is 0 Å². The van der Waals surface area contributed by atoms with E-state index in [1.807, 2.05) is 56.3 Å². The number of aryl methyl sites for hydroxylation is 2. The summed E-state index contributed by atoms with van der Waals surface area (Å²) in [5, 5.41) is 11.3. The van der Waals surface area contributed by atoms with E-state index in [4.69, 9.17) is 4.74 Å². The number of phenols is 1. The summed E-state index contributed by atoms with van der Waals surface area (Å²) in [6.45, 7) is 8.53. The van der Waals surface area contributed by atoms with E-state index in [9.17, 15) is 9.67 Å². The fraction of sp³-hybridized carbons (Fsp3) is 0.400. The SMILES string of the molecule is Cc1cc(C(COc2cnc3ccccc3c2)P2(=O)C[C@@H](C)[C@@H](C)C2)cc(C)c1O. The van der Waals surface area contributed by atoms with Crippen LogP contribution in [0.4, 0.5) is 0 Å². The summed E-state index contributed by atoms with van der Waals surface area (Å²) < 4.78 is 20.3. The second-order valence-electron chi connectivity index (χ2n) is 8.97. The predicted molar refractivity (Wildman–Crippen MR) is 123 cm³/mol. The standard InChI is InChI=1S/C25H30NO3P/c1-16-9-21(10-17(2)25(16)27)24(30(28)14-18(3)19(4)15-30)13-29-22-11-20-7-5-6-8-23(20)26-12-22/h5-12,18-19,24,27H,13-15H2,1-4H3/t18-,19+,24?,30?. The molecule has 4 rings (SSSR count). The highest BCUT2D eigenvalue weighted by molar-refractivity contribution is 7.64. The molecule has 1 fully saturated rings. The first-order valence-corrected chi connectivity index (χ1v) is 12.8. The zero-order valence-electron chi connectivity index (χ0n) is 18.1. The van der Waals surface area contributed by atoms with E-state index < -0.39 is 7.14 Å². The van der Waals surface area contributed by atoms with Gasteiger partial charge in [0.15, 0.2) is 0 Å². The maximum atomic E-state index is 14.1. The predicted octanol–water partition coefficient (Wildman–Crippen LogP) is 6.33. The zero-order chi connectivity index (χ0) is 21.5. The number of para-hydroxylation sites is 1. The van der Waals surface area contributed by atoms with Gasteiger partial charge < -0.3 is 14.4 Å². The first kappa shape index (κ1) is 20.9. The Kier molecular flexibility index (Phi) is 5.63. The van der Waals surface area contributed by atoms with Crippen molar-refractivity contribution >= 4 is 18.0 Å². The summed E-state index contributed by atoms with van der Waals surface area (Å²) in [6.07, 6.45) is 3.23. The molecule has 2 unspecified atom stereocenters. The number of benzene rings is 2. The molecule has 1 aliphatic rings. The minimum absolute atomic E-state index is 0.186. The lowest BCUT2D eigenvalue weighted by Gasteiger charge is -2.26. The fourth-order valence-corrected chi connectivity index (χ4v) is 9.02. The molecule has 4 atom stereocenters. The molecule has 1 N–H and O–H groups in total. The Balaban J connectivity index is 1.67. The molecule has 0 amide bonds. The van der Waals surface area contributed by atoms with Crippen molar-refractivity contribution in [2.45, 2.75) is 33.4 Å². The normalized spacial score (nSPS) is 24.8. The first-order chi connectivity index (χ1) is 14.3. The summed E-state index contributed by atoms with van der Waals surface area (Å²) in [6, 6.07) is 13.9. The molecular formula is C25H30NO3P. The van der Waals surface area contributed by atoms with Crippen LogP contribution in [0.2, 0.25) is 0 Å². The fourth-order valence-electron chi connectivity index (χ4n) is 4.65. The summed E-state index contributed by atoms with van der Waals surface area (Å²) in [7, 11) is -2.48. The smallest absolute Gasteiger partial charge is 0.138 e. The van der Waals surface area contributed by atoms with E-state index >= 15 is 0 Å². The highest BCUT2D eigenvalue weighted by Crippen LogP contribution is 2.66. The van der Waals surface area contributed by atoms with E-state index in [1.54, 1.807) is 6.20 Å². The average molecular weight is 423 g/mol. The Bertz CT molecular complexity index is 1090. The molecule has 0 aliphatic carbocycles. The number of aromatic nitrogens is 1. The molecule has 5 heteroatoms. The molecule has 3 aromatic rings. The molecule has 2 aromatic carbocycles. The van der Waals surface area contributed by atoms with Gasteiger partial charge in [-0.3, -0.25) is 4.98 Å². The van der Waals surface area contributed by atoms with Crippen molar-refractivity contribution in [3.8, 4) is 11.5 Å². The summed E-state index contributed by atoms with van der Waals surface area (Å²) >= 11 is 0. The number of nitrogens with zero attached hydrogens (tertiary/aromatic N) is 1. The maximum Gasteiger partial charge on any atom is 0.138 e. The largest absolute Gasteiger partial charge is 0.507 e. The van der Waals surface area contributed by atoms with Crippen molar-refractivity contribution in [2.75, 3.05) is 18.9 Å². The Labute approximate surface area is 178 Å². The number of ether oxygens (including phenoxy) is 1. The molecule has 158 valence electrons. The molecular weight excluding hydrogens is 393 g/mol. The van der Waals surface area contributed by atoms with E-state index in [0.29, 0.717) is 29.9 Å². The van der Waals surface area contributed by atoms with Gasteiger partial charge in [-0.15, -0.1) is 0 Å². The van der Waals surface area contributed by atoms with E-state index in [1.165, 1.54) is 0 Å². The van der Waals surface area contributed by atoms with Crippen molar-refractivity contribution in [3.63, 3.8) is 0 Å². The third-order valence-corrected chi connectivity index (χ3v) is 10.6. The van der Waals surface area contributed by atoms with E-state index in [2.05, 4.69) is 18.8 Å². The van der Waals surface area contributed by atoms with Gasteiger partial charge in [0.1, 0.15) is 18.1 Å². The molecule has 1 saturated heterocycles.